The molecule has 1 rings (SSSR count). The summed E-state index contributed by atoms with van der Waals surface area (Å²) in [4.78, 5) is 22.6. The molecule has 16 heavy (non-hydrogen) atoms. The average molecular weight is 220 g/mol. The quantitative estimate of drug-likeness (QED) is 0.755. The van der Waals surface area contributed by atoms with E-state index >= 15 is 0 Å². The van der Waals surface area contributed by atoms with Gasteiger partial charge in [0.05, 0.1) is 0 Å². The van der Waals surface area contributed by atoms with Crippen LogP contribution in [0.4, 0.5) is 5.69 Å². The highest BCUT2D eigenvalue weighted by Gasteiger charge is 2.08. The van der Waals surface area contributed by atoms with Gasteiger partial charge in [-0.05, 0) is 31.5 Å². The third-order valence-corrected chi connectivity index (χ3v) is 2.00. The van der Waals surface area contributed by atoms with E-state index in [1.54, 1.807) is 6.07 Å². The van der Waals surface area contributed by atoms with Gasteiger partial charge < -0.3 is 10.6 Å². The number of amides is 2. The van der Waals surface area contributed by atoms with Gasteiger partial charge in [-0.25, -0.2) is 0 Å². The number of aryl methyl sites for hydroxylation is 1. The predicted octanol–water partition coefficient (Wildman–Crippen LogP) is 1.46. The Bertz CT molecular complexity index is 388. The van der Waals surface area contributed by atoms with Gasteiger partial charge in [0.15, 0.2) is 0 Å². The SMILES string of the molecule is CCNC(=O)CC(=O)Nc1cccc(C)c1. The summed E-state index contributed by atoms with van der Waals surface area (Å²) in [6.45, 7) is 4.30. The molecular weight excluding hydrogens is 204 g/mol. The van der Waals surface area contributed by atoms with E-state index in [2.05, 4.69) is 10.6 Å². The van der Waals surface area contributed by atoms with Crippen LogP contribution in [0.1, 0.15) is 18.9 Å². The van der Waals surface area contributed by atoms with Crippen molar-refractivity contribution < 1.29 is 9.59 Å². The smallest absolute Gasteiger partial charge is 0.233 e. The van der Waals surface area contributed by atoms with Crippen molar-refractivity contribution in [2.75, 3.05) is 11.9 Å². The molecule has 0 aromatic heterocycles. The fourth-order valence-corrected chi connectivity index (χ4v) is 1.33. The van der Waals surface area contributed by atoms with Gasteiger partial charge in [0.1, 0.15) is 6.42 Å². The summed E-state index contributed by atoms with van der Waals surface area (Å²) >= 11 is 0. The predicted molar refractivity (Wildman–Crippen MR) is 63.1 cm³/mol. The fourth-order valence-electron chi connectivity index (χ4n) is 1.33. The Morgan fingerprint density at radius 1 is 1.25 bits per heavy atom. The van der Waals surface area contributed by atoms with E-state index in [0.717, 1.165) is 5.56 Å². The first-order valence-corrected chi connectivity index (χ1v) is 5.25. The lowest BCUT2D eigenvalue weighted by Gasteiger charge is -2.05. The van der Waals surface area contributed by atoms with Crippen LogP contribution in [0.25, 0.3) is 0 Å². The van der Waals surface area contributed by atoms with Crippen molar-refractivity contribution in [1.82, 2.24) is 5.32 Å². The van der Waals surface area contributed by atoms with Crippen LogP contribution in [-0.2, 0) is 9.59 Å². The Morgan fingerprint density at radius 2 is 2.00 bits per heavy atom. The Labute approximate surface area is 95.0 Å². The molecule has 2 N–H and O–H groups in total. The van der Waals surface area contributed by atoms with E-state index in [1.165, 1.54) is 0 Å². The summed E-state index contributed by atoms with van der Waals surface area (Å²) in [6.07, 6.45) is -0.137. The van der Waals surface area contributed by atoms with Crippen molar-refractivity contribution in [2.24, 2.45) is 0 Å². The number of hydrogen-bond donors (Lipinski definition) is 2. The summed E-state index contributed by atoms with van der Waals surface area (Å²) in [7, 11) is 0. The molecule has 0 unspecified atom stereocenters. The topological polar surface area (TPSA) is 58.2 Å². The first kappa shape index (κ1) is 12.2. The Balaban J connectivity index is 2.48. The maximum absolute atomic E-state index is 11.4. The second-order valence-corrected chi connectivity index (χ2v) is 3.55. The van der Waals surface area contributed by atoms with Crippen LogP contribution in [-0.4, -0.2) is 18.4 Å². The van der Waals surface area contributed by atoms with E-state index in [1.807, 2.05) is 32.0 Å². The largest absolute Gasteiger partial charge is 0.356 e. The van der Waals surface area contributed by atoms with Crippen molar-refractivity contribution in [3.63, 3.8) is 0 Å². The number of benzene rings is 1. The van der Waals surface area contributed by atoms with Gasteiger partial charge in [-0.2, -0.15) is 0 Å². The lowest BCUT2D eigenvalue weighted by molar-refractivity contribution is -0.126. The number of anilines is 1. The standard InChI is InChI=1S/C12H16N2O2/c1-3-13-11(15)8-12(16)14-10-6-4-5-9(2)7-10/h4-7H,3,8H2,1-2H3,(H,13,15)(H,14,16). The third kappa shape index (κ3) is 4.13. The molecule has 0 radical (unpaired) electrons. The Morgan fingerprint density at radius 3 is 2.62 bits per heavy atom. The summed E-state index contributed by atoms with van der Waals surface area (Å²) in [5, 5.41) is 5.25. The Kier molecular flexibility index (Phi) is 4.51. The molecule has 2 amide bonds. The van der Waals surface area contributed by atoms with Crippen molar-refractivity contribution in [1.29, 1.82) is 0 Å². The number of rotatable bonds is 4. The molecule has 0 bridgehead atoms. The van der Waals surface area contributed by atoms with E-state index in [9.17, 15) is 9.59 Å². The second-order valence-electron chi connectivity index (χ2n) is 3.55. The number of nitrogens with one attached hydrogen (secondary N) is 2. The summed E-state index contributed by atoms with van der Waals surface area (Å²) < 4.78 is 0. The first-order chi connectivity index (χ1) is 7.61. The van der Waals surface area contributed by atoms with E-state index in [4.69, 9.17) is 0 Å². The van der Waals surface area contributed by atoms with Gasteiger partial charge in [-0.3, -0.25) is 9.59 Å². The molecule has 0 atom stereocenters. The molecule has 1 aromatic rings. The summed E-state index contributed by atoms with van der Waals surface area (Å²) in [6, 6.07) is 7.45. The molecule has 0 aliphatic rings. The minimum absolute atomic E-state index is 0.137. The normalized spacial score (nSPS) is 9.62. The summed E-state index contributed by atoms with van der Waals surface area (Å²) in [5.74, 6) is -0.552. The van der Waals surface area contributed by atoms with Gasteiger partial charge in [0, 0.05) is 12.2 Å². The minimum Gasteiger partial charge on any atom is -0.356 e. The Hall–Kier alpha value is -1.84. The van der Waals surface area contributed by atoms with Crippen molar-refractivity contribution >= 4 is 17.5 Å². The van der Waals surface area contributed by atoms with Crippen LogP contribution in [0.5, 0.6) is 0 Å². The van der Waals surface area contributed by atoms with E-state index < -0.39 is 0 Å². The molecule has 4 nitrogen and oxygen atoms in total. The van der Waals surface area contributed by atoms with Crippen LogP contribution in [0, 0.1) is 6.92 Å². The van der Waals surface area contributed by atoms with Gasteiger partial charge in [0.25, 0.3) is 0 Å². The molecule has 0 spiro atoms. The fraction of sp³-hybridized carbons (Fsp3) is 0.333. The third-order valence-electron chi connectivity index (χ3n) is 2.00. The average Bonchev–Trinajstić information content (AvgIpc) is 2.17. The molecular formula is C12H16N2O2. The van der Waals surface area contributed by atoms with Crippen molar-refractivity contribution in [3.05, 3.63) is 29.8 Å². The number of hydrogen-bond acceptors (Lipinski definition) is 2. The van der Waals surface area contributed by atoms with E-state index in [-0.39, 0.29) is 18.2 Å². The molecule has 0 fully saturated rings. The lowest BCUT2D eigenvalue weighted by atomic mass is 10.2. The number of carbonyl (C=O) groups excluding carboxylic acids is 2. The second kappa shape index (κ2) is 5.90. The van der Waals surface area contributed by atoms with Crippen LogP contribution >= 0.6 is 0 Å². The molecule has 86 valence electrons. The van der Waals surface area contributed by atoms with Crippen LogP contribution in [0.15, 0.2) is 24.3 Å². The van der Waals surface area contributed by atoms with Gasteiger partial charge >= 0.3 is 0 Å². The molecule has 0 aliphatic carbocycles. The van der Waals surface area contributed by atoms with Crippen LogP contribution in [0.3, 0.4) is 0 Å². The highest BCUT2D eigenvalue weighted by molar-refractivity contribution is 6.03. The lowest BCUT2D eigenvalue weighted by Crippen LogP contribution is -2.27. The molecule has 0 saturated carbocycles. The van der Waals surface area contributed by atoms with Gasteiger partial charge in [0.2, 0.25) is 11.8 Å². The zero-order valence-electron chi connectivity index (χ0n) is 9.54. The molecule has 4 heteroatoms. The summed E-state index contributed by atoms with van der Waals surface area (Å²) in [5.41, 5.74) is 1.78. The highest BCUT2D eigenvalue weighted by atomic mass is 16.2. The van der Waals surface area contributed by atoms with Gasteiger partial charge in [-0.1, -0.05) is 12.1 Å². The van der Waals surface area contributed by atoms with Crippen LogP contribution in [0.2, 0.25) is 0 Å². The highest BCUT2D eigenvalue weighted by Crippen LogP contribution is 2.09. The van der Waals surface area contributed by atoms with Crippen LogP contribution < -0.4 is 10.6 Å². The first-order valence-electron chi connectivity index (χ1n) is 5.25. The minimum atomic E-state index is -0.295. The molecule has 0 heterocycles. The zero-order chi connectivity index (χ0) is 12.0. The van der Waals surface area contributed by atoms with Gasteiger partial charge in [-0.15, -0.1) is 0 Å². The molecule has 1 aromatic carbocycles. The maximum Gasteiger partial charge on any atom is 0.233 e. The molecule has 0 saturated heterocycles. The van der Waals surface area contributed by atoms with Crippen molar-refractivity contribution in [3.8, 4) is 0 Å². The maximum atomic E-state index is 11.4. The molecule has 0 aliphatic heterocycles. The zero-order valence-corrected chi connectivity index (χ0v) is 9.54. The van der Waals surface area contributed by atoms with E-state index in [0.29, 0.717) is 12.2 Å². The van der Waals surface area contributed by atoms with Crippen molar-refractivity contribution in [2.45, 2.75) is 20.3 Å². The monoisotopic (exact) mass is 220 g/mol. The number of carbonyl (C=O) groups is 2.